The molecule has 1 aliphatic heterocycles. The van der Waals surface area contributed by atoms with Gasteiger partial charge in [0.2, 0.25) is 0 Å². The highest BCUT2D eigenvalue weighted by molar-refractivity contribution is 5.68. The summed E-state index contributed by atoms with van der Waals surface area (Å²) in [5.74, 6) is 1.41. The topological polar surface area (TPSA) is 25.4 Å². The summed E-state index contributed by atoms with van der Waals surface area (Å²) in [6.07, 6.45) is -1.55. The Morgan fingerprint density at radius 1 is 1.00 bits per heavy atom. The molecule has 1 saturated carbocycles. The van der Waals surface area contributed by atoms with Crippen LogP contribution < -0.4 is 9.64 Å². The molecule has 202 valence electrons. The Bertz CT molecular complexity index is 1300. The first-order valence-electron chi connectivity index (χ1n) is 13.6. The summed E-state index contributed by atoms with van der Waals surface area (Å²) >= 11 is 0. The van der Waals surface area contributed by atoms with E-state index in [-0.39, 0.29) is 25.3 Å². The Labute approximate surface area is 221 Å². The van der Waals surface area contributed by atoms with E-state index in [1.807, 2.05) is 43.9 Å². The molecule has 2 aromatic carbocycles. The van der Waals surface area contributed by atoms with E-state index in [1.54, 1.807) is 12.1 Å². The van der Waals surface area contributed by atoms with Gasteiger partial charge in [-0.15, -0.1) is 0 Å². The molecule has 3 aromatic rings. The van der Waals surface area contributed by atoms with Crippen molar-refractivity contribution in [3.8, 4) is 16.9 Å². The summed E-state index contributed by atoms with van der Waals surface area (Å²) in [5.41, 5.74) is 5.71. The molecule has 1 saturated heterocycles. The number of anilines is 1. The van der Waals surface area contributed by atoms with Gasteiger partial charge in [-0.25, -0.2) is 9.37 Å². The van der Waals surface area contributed by atoms with Gasteiger partial charge in [0.05, 0.1) is 5.92 Å². The molecule has 7 heteroatoms. The molecule has 1 aromatic heterocycles. The first-order valence-corrected chi connectivity index (χ1v) is 13.6. The quantitative estimate of drug-likeness (QED) is 0.313. The van der Waals surface area contributed by atoms with E-state index in [2.05, 4.69) is 17.1 Å². The number of hydrogen-bond donors (Lipinski definition) is 0. The molecule has 2 aliphatic carbocycles. The lowest BCUT2D eigenvalue weighted by Crippen LogP contribution is -2.39. The molecule has 0 bridgehead atoms. The van der Waals surface area contributed by atoms with Gasteiger partial charge < -0.3 is 9.64 Å². The second-order valence-electron chi connectivity index (χ2n) is 10.4. The summed E-state index contributed by atoms with van der Waals surface area (Å²) in [6, 6.07) is 14.9. The van der Waals surface area contributed by atoms with Gasteiger partial charge in [-0.3, -0.25) is 0 Å². The number of piperidine rings is 1. The average molecular weight is 527 g/mol. The van der Waals surface area contributed by atoms with Crippen LogP contribution in [0, 0.1) is 24.6 Å². The van der Waals surface area contributed by atoms with Gasteiger partial charge in [-0.05, 0) is 97.5 Å². The van der Waals surface area contributed by atoms with E-state index in [9.17, 15) is 17.6 Å². The van der Waals surface area contributed by atoms with Crippen LogP contribution in [0.15, 0.2) is 48.5 Å². The minimum absolute atomic E-state index is 0.0820. The molecule has 38 heavy (non-hydrogen) atoms. The van der Waals surface area contributed by atoms with Crippen LogP contribution in [0.25, 0.3) is 11.1 Å². The van der Waals surface area contributed by atoms with Crippen LogP contribution in [0.2, 0.25) is 0 Å². The van der Waals surface area contributed by atoms with E-state index in [0.29, 0.717) is 24.5 Å². The number of rotatable bonds is 5. The van der Waals surface area contributed by atoms with Crippen molar-refractivity contribution in [2.75, 3.05) is 18.0 Å². The van der Waals surface area contributed by atoms with E-state index >= 15 is 0 Å². The lowest BCUT2D eigenvalue weighted by Gasteiger charge is -2.33. The van der Waals surface area contributed by atoms with Crippen LogP contribution in [0.4, 0.5) is 23.4 Å². The number of pyridine rings is 1. The van der Waals surface area contributed by atoms with E-state index in [1.165, 1.54) is 23.6 Å². The Morgan fingerprint density at radius 3 is 2.47 bits per heavy atom. The third-order valence-electron chi connectivity index (χ3n) is 8.02. The molecular weight excluding hydrogens is 492 g/mol. The molecule has 2 heterocycles. The molecular formula is C31H34F4N2O. The minimum Gasteiger partial charge on any atom is -0.489 e. The molecule has 6 rings (SSSR count). The standard InChI is InChI=1S/C29H28F4N2O.C2H6/c1-17-24(5-7-28(34-17)35-10-8-22(9-11-35)29(31,32)33)18-2-6-27(30)21(12-18)16-36-23-3-4-25-19(14-23)13-20-15-26(20)25;1-2/h2-7,12,14,20,22,26H,8-11,13,15-16H2,1H3;1-2H3. The van der Waals surface area contributed by atoms with Gasteiger partial charge >= 0.3 is 6.18 Å². The van der Waals surface area contributed by atoms with Crippen LogP contribution in [0.3, 0.4) is 0 Å². The Hall–Kier alpha value is -3.09. The van der Waals surface area contributed by atoms with Crippen molar-refractivity contribution in [2.24, 2.45) is 11.8 Å². The predicted octanol–water partition coefficient (Wildman–Crippen LogP) is 8.24. The van der Waals surface area contributed by atoms with Gasteiger partial charge in [0.15, 0.2) is 0 Å². The molecule has 2 unspecified atom stereocenters. The highest BCUT2D eigenvalue weighted by Gasteiger charge is 2.45. The highest BCUT2D eigenvalue weighted by Crippen LogP contribution is 2.56. The SMILES string of the molecule is CC.Cc1nc(N2CCC(C(F)(F)F)CC2)ccc1-c1ccc(F)c(COc2ccc3c(c2)CC2CC32)c1. The van der Waals surface area contributed by atoms with Crippen molar-refractivity contribution in [2.45, 2.75) is 65.2 Å². The third kappa shape index (κ3) is 5.38. The van der Waals surface area contributed by atoms with E-state index in [4.69, 9.17) is 4.74 Å². The summed E-state index contributed by atoms with van der Waals surface area (Å²) < 4.78 is 59.5. The molecule has 0 spiro atoms. The summed E-state index contributed by atoms with van der Waals surface area (Å²) in [4.78, 5) is 6.57. The second kappa shape index (κ2) is 10.6. The monoisotopic (exact) mass is 526 g/mol. The molecule has 2 atom stereocenters. The molecule has 3 nitrogen and oxygen atoms in total. The van der Waals surface area contributed by atoms with Gasteiger partial charge in [0, 0.05) is 29.9 Å². The van der Waals surface area contributed by atoms with Crippen LogP contribution in [-0.2, 0) is 13.0 Å². The maximum absolute atomic E-state index is 14.6. The van der Waals surface area contributed by atoms with Crippen LogP contribution >= 0.6 is 0 Å². The van der Waals surface area contributed by atoms with Crippen LogP contribution in [0.5, 0.6) is 5.75 Å². The largest absolute Gasteiger partial charge is 0.489 e. The van der Waals surface area contributed by atoms with Crippen molar-refractivity contribution in [3.63, 3.8) is 0 Å². The van der Waals surface area contributed by atoms with Crippen LogP contribution in [0.1, 0.15) is 61.4 Å². The van der Waals surface area contributed by atoms with Gasteiger partial charge in [-0.1, -0.05) is 26.0 Å². The maximum Gasteiger partial charge on any atom is 0.391 e. The molecule has 2 fully saturated rings. The number of ether oxygens (including phenoxy) is 1. The van der Waals surface area contributed by atoms with Crippen molar-refractivity contribution in [3.05, 3.63) is 76.7 Å². The van der Waals surface area contributed by atoms with Crippen molar-refractivity contribution in [1.29, 1.82) is 0 Å². The number of aromatic nitrogens is 1. The fourth-order valence-electron chi connectivity index (χ4n) is 5.83. The van der Waals surface area contributed by atoms with Crippen molar-refractivity contribution < 1.29 is 22.3 Å². The molecule has 0 N–H and O–H groups in total. The Kier molecular flexibility index (Phi) is 7.38. The van der Waals surface area contributed by atoms with Crippen molar-refractivity contribution >= 4 is 5.82 Å². The van der Waals surface area contributed by atoms with Gasteiger partial charge in [0.25, 0.3) is 0 Å². The third-order valence-corrected chi connectivity index (χ3v) is 8.02. The fourth-order valence-corrected chi connectivity index (χ4v) is 5.83. The number of fused-ring (bicyclic) bond motifs is 3. The zero-order chi connectivity index (χ0) is 27.0. The number of halogens is 4. The molecule has 0 amide bonds. The van der Waals surface area contributed by atoms with Crippen molar-refractivity contribution in [1.82, 2.24) is 4.98 Å². The maximum atomic E-state index is 14.6. The zero-order valence-electron chi connectivity index (χ0n) is 22.1. The number of benzene rings is 2. The summed E-state index contributed by atoms with van der Waals surface area (Å²) in [7, 11) is 0. The first kappa shape index (κ1) is 26.5. The smallest absolute Gasteiger partial charge is 0.391 e. The number of hydrogen-bond acceptors (Lipinski definition) is 3. The Balaban J connectivity index is 0.00000144. The Morgan fingerprint density at radius 2 is 1.76 bits per heavy atom. The van der Waals surface area contributed by atoms with Gasteiger partial charge in [0.1, 0.15) is 24.0 Å². The highest BCUT2D eigenvalue weighted by atomic mass is 19.4. The van der Waals surface area contributed by atoms with E-state index in [0.717, 1.165) is 40.8 Å². The minimum atomic E-state index is -4.13. The first-order chi connectivity index (χ1) is 18.3. The lowest BCUT2D eigenvalue weighted by molar-refractivity contribution is -0.179. The lowest BCUT2D eigenvalue weighted by atomic mass is 9.96. The second-order valence-corrected chi connectivity index (χ2v) is 10.4. The van der Waals surface area contributed by atoms with Gasteiger partial charge in [-0.2, -0.15) is 13.2 Å². The molecule has 0 radical (unpaired) electrons. The summed E-state index contributed by atoms with van der Waals surface area (Å²) in [6.45, 7) is 6.66. The van der Waals surface area contributed by atoms with E-state index < -0.39 is 12.1 Å². The molecule has 3 aliphatic rings. The van der Waals surface area contributed by atoms with Crippen LogP contribution in [-0.4, -0.2) is 24.2 Å². The number of nitrogens with zero attached hydrogens (tertiary/aromatic N) is 2. The number of aryl methyl sites for hydroxylation is 1. The average Bonchev–Trinajstić information content (AvgIpc) is 3.59. The zero-order valence-corrected chi connectivity index (χ0v) is 22.1. The predicted molar refractivity (Wildman–Crippen MR) is 142 cm³/mol. The number of alkyl halides is 3. The normalized spacial score (nSPS) is 20.3. The summed E-state index contributed by atoms with van der Waals surface area (Å²) in [5, 5.41) is 0. The fraction of sp³-hybridized carbons (Fsp3) is 0.452.